The third-order valence-corrected chi connectivity index (χ3v) is 10.6. The van der Waals surface area contributed by atoms with Gasteiger partial charge in [-0.3, -0.25) is 0 Å². The average Bonchev–Trinajstić information content (AvgIpc) is 3.51. The van der Waals surface area contributed by atoms with Crippen molar-refractivity contribution in [3.8, 4) is 67.5 Å². The molecule has 0 N–H and O–H groups in total. The summed E-state index contributed by atoms with van der Waals surface area (Å²) in [5.74, 6) is 2.03. The first-order chi connectivity index (χ1) is 23.3. The van der Waals surface area contributed by atoms with E-state index in [1.807, 2.05) is 6.07 Å². The summed E-state index contributed by atoms with van der Waals surface area (Å²) >= 11 is 0. The van der Waals surface area contributed by atoms with E-state index in [1.54, 1.807) is 0 Å². The predicted octanol–water partition coefficient (Wildman–Crippen LogP) is 11.2. The van der Waals surface area contributed by atoms with Gasteiger partial charge in [-0.15, -0.1) is 0 Å². The van der Waals surface area contributed by atoms with E-state index in [0.717, 1.165) is 27.8 Å². The van der Waals surface area contributed by atoms with Gasteiger partial charge in [0, 0.05) is 27.5 Å². The summed E-state index contributed by atoms with van der Waals surface area (Å²) in [6.45, 7) is 9.25. The molecule has 48 heavy (non-hydrogen) atoms. The molecule has 3 nitrogen and oxygen atoms in total. The zero-order valence-electron chi connectivity index (χ0n) is 27.6. The number of fused-ring (bicyclic) bond motifs is 6. The fourth-order valence-corrected chi connectivity index (χ4v) is 8.01. The van der Waals surface area contributed by atoms with Gasteiger partial charge >= 0.3 is 0 Å². The van der Waals surface area contributed by atoms with Crippen molar-refractivity contribution >= 4 is 0 Å². The van der Waals surface area contributed by atoms with Crippen LogP contribution in [-0.4, -0.2) is 15.0 Å². The van der Waals surface area contributed by atoms with E-state index < -0.39 is 0 Å². The molecular weight excluding hydrogens is 583 g/mol. The monoisotopic (exact) mass is 617 g/mol. The van der Waals surface area contributed by atoms with Crippen LogP contribution in [0.2, 0.25) is 0 Å². The van der Waals surface area contributed by atoms with Crippen LogP contribution in [0.15, 0.2) is 140 Å². The summed E-state index contributed by atoms with van der Waals surface area (Å²) in [6.07, 6.45) is 0. The Hall–Kier alpha value is -5.67. The summed E-state index contributed by atoms with van der Waals surface area (Å²) < 4.78 is 0. The Balaban J connectivity index is 1.27. The minimum atomic E-state index is -0.125. The molecule has 0 amide bonds. The normalized spacial score (nSPS) is 14.6. The average molecular weight is 618 g/mol. The highest BCUT2D eigenvalue weighted by Gasteiger charge is 2.38. The van der Waals surface area contributed by atoms with Crippen molar-refractivity contribution in [1.82, 2.24) is 15.0 Å². The molecule has 1 heterocycles. The maximum atomic E-state index is 5.28. The van der Waals surface area contributed by atoms with Crippen molar-refractivity contribution in [2.45, 2.75) is 38.5 Å². The Morgan fingerprint density at radius 2 is 0.833 bits per heavy atom. The molecule has 7 aromatic rings. The van der Waals surface area contributed by atoms with Crippen molar-refractivity contribution in [3.05, 3.63) is 162 Å². The van der Waals surface area contributed by atoms with Crippen molar-refractivity contribution in [3.63, 3.8) is 0 Å². The smallest absolute Gasteiger partial charge is 0.164 e. The van der Waals surface area contributed by atoms with E-state index >= 15 is 0 Å². The summed E-state index contributed by atoms with van der Waals surface area (Å²) in [6, 6.07) is 49.8. The molecule has 230 valence electrons. The number of hydrogen-bond donors (Lipinski definition) is 0. The van der Waals surface area contributed by atoms with Gasteiger partial charge in [-0.1, -0.05) is 155 Å². The van der Waals surface area contributed by atoms with E-state index in [9.17, 15) is 0 Å². The van der Waals surface area contributed by atoms with Gasteiger partial charge in [-0.25, -0.2) is 15.0 Å². The highest BCUT2D eigenvalue weighted by molar-refractivity contribution is 5.91. The molecule has 1 aromatic heterocycles. The minimum absolute atomic E-state index is 0.120. The molecule has 0 saturated heterocycles. The molecule has 9 rings (SSSR count). The molecule has 6 aromatic carbocycles. The van der Waals surface area contributed by atoms with Gasteiger partial charge < -0.3 is 0 Å². The number of rotatable bonds is 4. The molecule has 0 aliphatic heterocycles. The molecule has 0 atom stereocenters. The molecule has 2 aliphatic rings. The van der Waals surface area contributed by atoms with E-state index in [1.165, 1.54) is 44.5 Å². The Bertz CT molecular complexity index is 2400. The highest BCUT2D eigenvalue weighted by atomic mass is 15.0. The number of benzene rings is 6. The first-order valence-electron chi connectivity index (χ1n) is 16.7. The molecule has 0 radical (unpaired) electrons. The van der Waals surface area contributed by atoms with Gasteiger partial charge in [0.25, 0.3) is 0 Å². The Morgan fingerprint density at radius 3 is 1.60 bits per heavy atom. The zero-order chi connectivity index (χ0) is 32.6. The lowest BCUT2D eigenvalue weighted by Gasteiger charge is -2.22. The SMILES string of the molecule is CC1(C)c2ccccc2-c2ccc(-c3nc(-c4cccc(-c5ccccc5)c4)nc(-c4cccc5c4-c4ccccc4C5(C)C)n3)cc21. The van der Waals surface area contributed by atoms with E-state index in [2.05, 4.69) is 161 Å². The highest BCUT2D eigenvalue weighted by Crippen LogP contribution is 2.52. The lowest BCUT2D eigenvalue weighted by Crippen LogP contribution is -2.15. The number of hydrogen-bond acceptors (Lipinski definition) is 3. The topological polar surface area (TPSA) is 38.7 Å². The first kappa shape index (κ1) is 28.5. The van der Waals surface area contributed by atoms with Crippen molar-refractivity contribution in [1.29, 1.82) is 0 Å². The van der Waals surface area contributed by atoms with Crippen LogP contribution in [0, 0.1) is 0 Å². The zero-order valence-corrected chi connectivity index (χ0v) is 27.6. The third-order valence-electron chi connectivity index (χ3n) is 10.6. The predicted molar refractivity (Wildman–Crippen MR) is 197 cm³/mol. The molecule has 0 fully saturated rings. The van der Waals surface area contributed by atoms with Crippen LogP contribution in [0.1, 0.15) is 49.9 Å². The Morgan fingerprint density at radius 1 is 0.333 bits per heavy atom. The Labute approximate surface area is 282 Å². The second kappa shape index (κ2) is 10.4. The molecule has 3 heteroatoms. The van der Waals surface area contributed by atoms with Crippen LogP contribution in [0.25, 0.3) is 67.5 Å². The van der Waals surface area contributed by atoms with E-state index in [0.29, 0.717) is 17.5 Å². The van der Waals surface area contributed by atoms with Crippen molar-refractivity contribution in [2.24, 2.45) is 0 Å². The van der Waals surface area contributed by atoms with Crippen LogP contribution in [0.4, 0.5) is 0 Å². The molecule has 0 unspecified atom stereocenters. The van der Waals surface area contributed by atoms with Gasteiger partial charge in [0.15, 0.2) is 17.5 Å². The maximum absolute atomic E-state index is 5.28. The van der Waals surface area contributed by atoms with Crippen LogP contribution >= 0.6 is 0 Å². The quantitative estimate of drug-likeness (QED) is 0.197. The van der Waals surface area contributed by atoms with Gasteiger partial charge in [0.05, 0.1) is 0 Å². The maximum Gasteiger partial charge on any atom is 0.164 e. The summed E-state index contributed by atoms with van der Waals surface area (Å²) in [7, 11) is 0. The Kier molecular flexibility index (Phi) is 6.20. The van der Waals surface area contributed by atoms with E-state index in [-0.39, 0.29) is 10.8 Å². The van der Waals surface area contributed by atoms with Crippen LogP contribution in [0.3, 0.4) is 0 Å². The van der Waals surface area contributed by atoms with Crippen LogP contribution < -0.4 is 0 Å². The molecule has 2 aliphatic carbocycles. The first-order valence-corrected chi connectivity index (χ1v) is 16.7. The molecule has 0 spiro atoms. The molecular formula is C45H35N3. The van der Waals surface area contributed by atoms with Gasteiger partial charge in [-0.2, -0.15) is 0 Å². The molecule has 0 bridgehead atoms. The largest absolute Gasteiger partial charge is 0.208 e. The second-order valence-electron chi connectivity index (χ2n) is 14.1. The summed E-state index contributed by atoms with van der Waals surface area (Å²) in [5, 5.41) is 0. The summed E-state index contributed by atoms with van der Waals surface area (Å²) in [5.41, 5.74) is 15.4. The minimum Gasteiger partial charge on any atom is -0.208 e. The third kappa shape index (κ3) is 4.24. The van der Waals surface area contributed by atoms with E-state index in [4.69, 9.17) is 15.0 Å². The van der Waals surface area contributed by atoms with Crippen LogP contribution in [-0.2, 0) is 10.8 Å². The van der Waals surface area contributed by atoms with Gasteiger partial charge in [0.2, 0.25) is 0 Å². The van der Waals surface area contributed by atoms with Crippen molar-refractivity contribution < 1.29 is 0 Å². The summed E-state index contributed by atoms with van der Waals surface area (Å²) in [4.78, 5) is 15.7. The van der Waals surface area contributed by atoms with Gasteiger partial charge in [-0.05, 0) is 67.8 Å². The second-order valence-corrected chi connectivity index (χ2v) is 14.1. The fraction of sp³-hybridized carbons (Fsp3) is 0.133. The fourth-order valence-electron chi connectivity index (χ4n) is 8.01. The number of nitrogens with zero attached hydrogens (tertiary/aromatic N) is 3. The number of aromatic nitrogens is 3. The lowest BCUT2D eigenvalue weighted by molar-refractivity contribution is 0.660. The standard InChI is InChI=1S/C45H35N3/c1-44(2)37-22-11-9-19-34(37)40-35(20-13-23-38(40)44)43-47-41(30-17-12-16-29(26-30)28-14-6-5-7-15-28)46-42(48-43)31-24-25-33-32-18-8-10-21-36(32)45(3,4)39(33)27-31/h5-27H,1-4H3. The van der Waals surface area contributed by atoms with Crippen LogP contribution in [0.5, 0.6) is 0 Å². The lowest BCUT2D eigenvalue weighted by atomic mass is 9.82. The van der Waals surface area contributed by atoms with Gasteiger partial charge in [0.1, 0.15) is 0 Å². The molecule has 0 saturated carbocycles. The van der Waals surface area contributed by atoms with Crippen molar-refractivity contribution in [2.75, 3.05) is 0 Å².